The average Bonchev–Trinajstić information content (AvgIpc) is 3.19. The molecule has 3 N–H and O–H groups in total. The van der Waals surface area contributed by atoms with Crippen molar-refractivity contribution in [3.8, 4) is 0 Å². The van der Waals surface area contributed by atoms with E-state index in [1.54, 1.807) is 0 Å². The molecule has 2 aromatic heterocycles. The quantitative estimate of drug-likeness (QED) is 0.588. The monoisotopic (exact) mass is 339 g/mol. The maximum atomic E-state index is 12.0. The van der Waals surface area contributed by atoms with Crippen LogP contribution >= 0.6 is 0 Å². The molecule has 0 unspecified atom stereocenters. The zero-order valence-electron chi connectivity index (χ0n) is 14.7. The third-order valence-corrected chi connectivity index (χ3v) is 4.23. The van der Waals surface area contributed by atoms with Crippen LogP contribution in [0.2, 0.25) is 0 Å². The standard InChI is InChI=1S/C19H25N5O/c1-14-9-23-24(12-14)13-15(2)21-11-19(25)20-8-7-16-10-22-18-6-4-3-5-17(16)18/h3-6,9-10,12,15,21-22H,7-8,11,13H2,1-2H3,(H,20,25)/t15-/m0/s1. The van der Waals surface area contributed by atoms with Gasteiger partial charge in [-0.2, -0.15) is 5.10 Å². The van der Waals surface area contributed by atoms with Crippen molar-refractivity contribution in [2.75, 3.05) is 13.1 Å². The van der Waals surface area contributed by atoms with Crippen molar-refractivity contribution in [2.45, 2.75) is 32.9 Å². The maximum Gasteiger partial charge on any atom is 0.233 e. The van der Waals surface area contributed by atoms with Crippen LogP contribution in [-0.2, 0) is 17.8 Å². The molecule has 1 amide bonds. The Morgan fingerprint density at radius 1 is 1.36 bits per heavy atom. The van der Waals surface area contributed by atoms with E-state index in [0.29, 0.717) is 13.1 Å². The molecule has 0 aliphatic rings. The molecule has 2 heterocycles. The summed E-state index contributed by atoms with van der Waals surface area (Å²) in [6.07, 6.45) is 6.67. The number of para-hydroxylation sites is 1. The number of hydrogen-bond donors (Lipinski definition) is 3. The first-order chi connectivity index (χ1) is 12.1. The molecule has 132 valence electrons. The number of amides is 1. The molecule has 0 aliphatic heterocycles. The summed E-state index contributed by atoms with van der Waals surface area (Å²) in [6.45, 7) is 5.76. The molecule has 0 saturated heterocycles. The van der Waals surface area contributed by atoms with E-state index < -0.39 is 0 Å². The van der Waals surface area contributed by atoms with Crippen LogP contribution in [0.3, 0.4) is 0 Å². The lowest BCUT2D eigenvalue weighted by Gasteiger charge is -2.13. The summed E-state index contributed by atoms with van der Waals surface area (Å²) < 4.78 is 1.89. The van der Waals surface area contributed by atoms with Gasteiger partial charge in [-0.25, -0.2) is 0 Å². The number of hydrogen-bond acceptors (Lipinski definition) is 3. The number of carbonyl (C=O) groups is 1. The first-order valence-electron chi connectivity index (χ1n) is 8.66. The van der Waals surface area contributed by atoms with E-state index in [9.17, 15) is 4.79 Å². The maximum absolute atomic E-state index is 12.0. The number of rotatable bonds is 8. The van der Waals surface area contributed by atoms with Crippen molar-refractivity contribution in [3.63, 3.8) is 0 Å². The Morgan fingerprint density at radius 2 is 2.20 bits per heavy atom. The van der Waals surface area contributed by atoms with Crippen LogP contribution in [0.1, 0.15) is 18.1 Å². The SMILES string of the molecule is Cc1cnn(C[C@H](C)NCC(=O)NCCc2c[nH]c3ccccc23)c1. The molecule has 0 saturated carbocycles. The van der Waals surface area contributed by atoms with E-state index in [1.807, 2.05) is 42.3 Å². The Hall–Kier alpha value is -2.60. The highest BCUT2D eigenvalue weighted by Crippen LogP contribution is 2.17. The van der Waals surface area contributed by atoms with Crippen LogP contribution in [0.4, 0.5) is 0 Å². The summed E-state index contributed by atoms with van der Waals surface area (Å²) in [5, 5.41) is 11.7. The average molecular weight is 339 g/mol. The Bertz CT molecular complexity index is 835. The predicted octanol–water partition coefficient (Wildman–Crippen LogP) is 2.01. The van der Waals surface area contributed by atoms with E-state index in [4.69, 9.17) is 0 Å². The Labute approximate surface area is 147 Å². The van der Waals surface area contributed by atoms with Gasteiger partial charge in [0.2, 0.25) is 5.91 Å². The fraction of sp³-hybridized carbons (Fsp3) is 0.368. The molecule has 6 nitrogen and oxygen atoms in total. The highest BCUT2D eigenvalue weighted by molar-refractivity contribution is 5.83. The van der Waals surface area contributed by atoms with Gasteiger partial charge >= 0.3 is 0 Å². The van der Waals surface area contributed by atoms with Gasteiger partial charge in [0, 0.05) is 35.9 Å². The summed E-state index contributed by atoms with van der Waals surface area (Å²) in [5.74, 6) is 0.0170. The highest BCUT2D eigenvalue weighted by Gasteiger charge is 2.08. The van der Waals surface area contributed by atoms with Crippen LogP contribution in [0.25, 0.3) is 10.9 Å². The summed E-state index contributed by atoms with van der Waals surface area (Å²) in [5.41, 5.74) is 3.50. The zero-order chi connectivity index (χ0) is 17.6. The van der Waals surface area contributed by atoms with Crippen molar-refractivity contribution in [1.29, 1.82) is 0 Å². The first-order valence-corrected chi connectivity index (χ1v) is 8.66. The number of aromatic nitrogens is 3. The summed E-state index contributed by atoms with van der Waals surface area (Å²) in [4.78, 5) is 15.3. The molecule has 3 rings (SSSR count). The second-order valence-electron chi connectivity index (χ2n) is 6.48. The fourth-order valence-electron chi connectivity index (χ4n) is 2.92. The van der Waals surface area contributed by atoms with Crippen LogP contribution in [0, 0.1) is 6.92 Å². The predicted molar refractivity (Wildman–Crippen MR) is 99.4 cm³/mol. The molecule has 6 heteroatoms. The highest BCUT2D eigenvalue weighted by atomic mass is 16.1. The number of H-pyrrole nitrogens is 1. The number of nitrogens with one attached hydrogen (secondary N) is 3. The lowest BCUT2D eigenvalue weighted by atomic mass is 10.1. The fourth-order valence-corrected chi connectivity index (χ4v) is 2.92. The molecule has 0 fully saturated rings. The third-order valence-electron chi connectivity index (χ3n) is 4.23. The van der Waals surface area contributed by atoms with E-state index in [1.165, 1.54) is 10.9 Å². The molecule has 0 bridgehead atoms. The van der Waals surface area contributed by atoms with Gasteiger partial charge in [0.1, 0.15) is 0 Å². The number of aryl methyl sites for hydroxylation is 1. The second kappa shape index (κ2) is 7.98. The Kier molecular flexibility index (Phi) is 5.50. The molecule has 3 aromatic rings. The molecular formula is C19H25N5O. The van der Waals surface area contributed by atoms with Crippen molar-refractivity contribution >= 4 is 16.8 Å². The normalized spacial score (nSPS) is 12.4. The minimum atomic E-state index is 0.0170. The summed E-state index contributed by atoms with van der Waals surface area (Å²) in [7, 11) is 0. The summed E-state index contributed by atoms with van der Waals surface area (Å²) in [6, 6.07) is 8.39. The number of carbonyl (C=O) groups excluding carboxylic acids is 1. The molecule has 0 spiro atoms. The van der Waals surface area contributed by atoms with Gasteiger partial charge in [-0.3, -0.25) is 9.48 Å². The van der Waals surface area contributed by atoms with Gasteiger partial charge in [-0.1, -0.05) is 18.2 Å². The zero-order valence-corrected chi connectivity index (χ0v) is 14.7. The molecule has 0 aliphatic carbocycles. The van der Waals surface area contributed by atoms with Gasteiger partial charge in [0.25, 0.3) is 0 Å². The van der Waals surface area contributed by atoms with Crippen molar-refractivity contribution in [2.24, 2.45) is 0 Å². The number of nitrogens with zero attached hydrogens (tertiary/aromatic N) is 2. The van der Waals surface area contributed by atoms with Gasteiger partial charge < -0.3 is 15.6 Å². The summed E-state index contributed by atoms with van der Waals surface area (Å²) >= 11 is 0. The van der Waals surface area contributed by atoms with E-state index in [0.717, 1.165) is 24.0 Å². The van der Waals surface area contributed by atoms with E-state index in [2.05, 4.69) is 39.8 Å². The van der Waals surface area contributed by atoms with Crippen LogP contribution in [0.15, 0.2) is 42.9 Å². The van der Waals surface area contributed by atoms with Crippen molar-refractivity contribution in [1.82, 2.24) is 25.4 Å². The smallest absolute Gasteiger partial charge is 0.233 e. The lowest BCUT2D eigenvalue weighted by Crippen LogP contribution is -2.40. The van der Waals surface area contributed by atoms with Crippen molar-refractivity contribution in [3.05, 3.63) is 54.0 Å². The van der Waals surface area contributed by atoms with Crippen molar-refractivity contribution < 1.29 is 4.79 Å². The molecular weight excluding hydrogens is 314 g/mol. The number of benzene rings is 1. The van der Waals surface area contributed by atoms with Crippen LogP contribution < -0.4 is 10.6 Å². The van der Waals surface area contributed by atoms with E-state index >= 15 is 0 Å². The largest absolute Gasteiger partial charge is 0.361 e. The number of aromatic amines is 1. The van der Waals surface area contributed by atoms with Gasteiger partial charge in [-0.05, 0) is 37.5 Å². The molecule has 0 radical (unpaired) electrons. The minimum absolute atomic E-state index is 0.0170. The van der Waals surface area contributed by atoms with Gasteiger partial charge in [0.05, 0.1) is 19.3 Å². The lowest BCUT2D eigenvalue weighted by molar-refractivity contribution is -0.120. The molecule has 25 heavy (non-hydrogen) atoms. The number of fused-ring (bicyclic) bond motifs is 1. The Morgan fingerprint density at radius 3 is 3.00 bits per heavy atom. The molecule has 1 aromatic carbocycles. The van der Waals surface area contributed by atoms with Crippen LogP contribution in [0.5, 0.6) is 0 Å². The first kappa shape index (κ1) is 17.2. The second-order valence-corrected chi connectivity index (χ2v) is 6.48. The van der Waals surface area contributed by atoms with E-state index in [-0.39, 0.29) is 11.9 Å². The minimum Gasteiger partial charge on any atom is -0.361 e. The third kappa shape index (κ3) is 4.70. The topological polar surface area (TPSA) is 74.7 Å². The van der Waals surface area contributed by atoms with Gasteiger partial charge in [-0.15, -0.1) is 0 Å². The Balaban J connectivity index is 1.38. The molecule has 1 atom stereocenters. The van der Waals surface area contributed by atoms with Crippen LogP contribution in [-0.4, -0.2) is 39.8 Å². The van der Waals surface area contributed by atoms with Gasteiger partial charge in [0.15, 0.2) is 0 Å².